The highest BCUT2D eigenvalue weighted by atomic mass is 16.5. The average molecular weight is 224 g/mol. The molecule has 16 heavy (non-hydrogen) atoms. The minimum Gasteiger partial charge on any atom is -0.463 e. The van der Waals surface area contributed by atoms with E-state index in [2.05, 4.69) is 0 Å². The smallest absolute Gasteiger partial charge is 0.330 e. The van der Waals surface area contributed by atoms with E-state index < -0.39 is 0 Å². The average Bonchev–Trinajstić information content (AvgIpc) is 2.30. The van der Waals surface area contributed by atoms with Gasteiger partial charge in [-0.3, -0.25) is 0 Å². The third kappa shape index (κ3) is 5.94. The van der Waals surface area contributed by atoms with Gasteiger partial charge in [-0.15, -0.1) is 0 Å². The minimum atomic E-state index is -0.208. The summed E-state index contributed by atoms with van der Waals surface area (Å²) >= 11 is 0. The number of unbranched alkanes of at least 4 members (excludes halogenated alkanes) is 1. The van der Waals surface area contributed by atoms with Crippen molar-refractivity contribution in [1.82, 2.24) is 0 Å². The maximum Gasteiger partial charge on any atom is 0.330 e. The highest BCUT2D eigenvalue weighted by molar-refractivity contribution is 5.81. The molecule has 0 saturated heterocycles. The second-order valence-electron chi connectivity index (χ2n) is 4.59. The first-order valence-electron chi connectivity index (χ1n) is 6.66. The van der Waals surface area contributed by atoms with Crippen LogP contribution in [0, 0.1) is 5.92 Å². The first-order valence-corrected chi connectivity index (χ1v) is 6.66. The van der Waals surface area contributed by atoms with Crippen LogP contribution in [0.3, 0.4) is 0 Å². The zero-order chi connectivity index (χ0) is 11.6. The van der Waals surface area contributed by atoms with Crippen molar-refractivity contribution in [1.29, 1.82) is 0 Å². The van der Waals surface area contributed by atoms with Gasteiger partial charge < -0.3 is 4.74 Å². The lowest BCUT2D eigenvalue weighted by Crippen LogP contribution is -2.05. The number of rotatable bonds is 6. The number of hydrogen-bond donors (Lipinski definition) is 0. The van der Waals surface area contributed by atoms with E-state index in [1.165, 1.54) is 44.9 Å². The topological polar surface area (TPSA) is 26.3 Å². The van der Waals surface area contributed by atoms with Crippen molar-refractivity contribution in [3.8, 4) is 0 Å². The van der Waals surface area contributed by atoms with Crippen molar-refractivity contribution in [2.24, 2.45) is 5.92 Å². The van der Waals surface area contributed by atoms with E-state index in [9.17, 15) is 4.79 Å². The van der Waals surface area contributed by atoms with Crippen molar-refractivity contribution < 1.29 is 9.53 Å². The number of hydrogen-bond acceptors (Lipinski definition) is 2. The van der Waals surface area contributed by atoms with Gasteiger partial charge in [0.15, 0.2) is 0 Å². The zero-order valence-corrected chi connectivity index (χ0v) is 10.4. The Balaban J connectivity index is 2.00. The quantitative estimate of drug-likeness (QED) is 0.389. The maximum absolute atomic E-state index is 11.0. The van der Waals surface area contributed by atoms with Gasteiger partial charge in [0.1, 0.15) is 0 Å². The molecule has 0 aromatic rings. The first kappa shape index (κ1) is 13.3. The van der Waals surface area contributed by atoms with Crippen molar-refractivity contribution in [3.05, 3.63) is 12.2 Å². The second kappa shape index (κ2) is 8.37. The molecule has 2 heteroatoms. The van der Waals surface area contributed by atoms with Crippen LogP contribution in [0.4, 0.5) is 0 Å². The molecule has 0 heterocycles. The number of allylic oxidation sites excluding steroid dienone is 1. The van der Waals surface area contributed by atoms with Crippen molar-refractivity contribution >= 4 is 5.97 Å². The lowest BCUT2D eigenvalue weighted by atomic mass is 9.86. The van der Waals surface area contributed by atoms with Crippen LogP contribution in [0.25, 0.3) is 0 Å². The van der Waals surface area contributed by atoms with Gasteiger partial charge in [-0.05, 0) is 25.7 Å². The van der Waals surface area contributed by atoms with Crippen LogP contribution in [-0.4, -0.2) is 12.6 Å². The largest absolute Gasteiger partial charge is 0.463 e. The third-order valence-corrected chi connectivity index (χ3v) is 3.25. The number of esters is 1. The molecule has 92 valence electrons. The molecule has 1 saturated carbocycles. The molecule has 2 nitrogen and oxygen atoms in total. The lowest BCUT2D eigenvalue weighted by Gasteiger charge is -2.20. The van der Waals surface area contributed by atoms with E-state index in [0.29, 0.717) is 6.61 Å². The van der Waals surface area contributed by atoms with Crippen LogP contribution in [0.1, 0.15) is 58.3 Å². The van der Waals surface area contributed by atoms with Gasteiger partial charge in [0.05, 0.1) is 6.61 Å². The minimum absolute atomic E-state index is 0.208. The van der Waals surface area contributed by atoms with E-state index in [-0.39, 0.29) is 5.97 Å². The van der Waals surface area contributed by atoms with Crippen LogP contribution in [0.2, 0.25) is 0 Å². The van der Waals surface area contributed by atoms with Gasteiger partial charge >= 0.3 is 5.97 Å². The Bertz CT molecular complexity index is 215. The summed E-state index contributed by atoms with van der Waals surface area (Å²) in [5, 5.41) is 0. The Labute approximate surface area is 99.1 Å². The molecule has 0 atom stereocenters. The molecule has 0 aromatic carbocycles. The summed E-state index contributed by atoms with van der Waals surface area (Å²) in [4.78, 5) is 11.0. The molecule has 0 radical (unpaired) electrons. The van der Waals surface area contributed by atoms with Gasteiger partial charge in [0.25, 0.3) is 0 Å². The number of ether oxygens (including phenoxy) is 1. The SMILES string of the molecule is CCOC(=O)/C=C\CCCC1CCCCC1. The van der Waals surface area contributed by atoms with E-state index in [1.807, 2.05) is 13.0 Å². The van der Waals surface area contributed by atoms with Gasteiger partial charge in [0, 0.05) is 6.08 Å². The van der Waals surface area contributed by atoms with Gasteiger partial charge in [-0.25, -0.2) is 4.79 Å². The molecule has 0 spiro atoms. The lowest BCUT2D eigenvalue weighted by molar-refractivity contribution is -0.137. The molecule has 0 N–H and O–H groups in total. The second-order valence-corrected chi connectivity index (χ2v) is 4.59. The molecule has 1 rings (SSSR count). The molecular weight excluding hydrogens is 200 g/mol. The highest BCUT2D eigenvalue weighted by Crippen LogP contribution is 2.27. The summed E-state index contributed by atoms with van der Waals surface area (Å²) in [6, 6.07) is 0. The molecule has 0 aromatic heterocycles. The normalized spacial score (nSPS) is 17.8. The summed E-state index contributed by atoms with van der Waals surface area (Å²) in [5.41, 5.74) is 0. The third-order valence-electron chi connectivity index (χ3n) is 3.25. The molecule has 0 unspecified atom stereocenters. The molecule has 1 fully saturated rings. The van der Waals surface area contributed by atoms with Crippen molar-refractivity contribution in [2.75, 3.05) is 6.61 Å². The Hall–Kier alpha value is -0.790. The fourth-order valence-corrected chi connectivity index (χ4v) is 2.37. The Kier molecular flexibility index (Phi) is 6.95. The predicted molar refractivity (Wildman–Crippen MR) is 66.2 cm³/mol. The Morgan fingerprint density at radius 2 is 2.06 bits per heavy atom. The summed E-state index contributed by atoms with van der Waals surface area (Å²) in [5.74, 6) is 0.741. The Morgan fingerprint density at radius 1 is 1.31 bits per heavy atom. The fourth-order valence-electron chi connectivity index (χ4n) is 2.37. The van der Waals surface area contributed by atoms with E-state index in [0.717, 1.165) is 12.3 Å². The van der Waals surface area contributed by atoms with Crippen LogP contribution in [0.15, 0.2) is 12.2 Å². The fraction of sp³-hybridized carbons (Fsp3) is 0.786. The Morgan fingerprint density at radius 3 is 2.75 bits per heavy atom. The van der Waals surface area contributed by atoms with Gasteiger partial charge in [0.2, 0.25) is 0 Å². The van der Waals surface area contributed by atoms with Crippen LogP contribution < -0.4 is 0 Å². The molecule has 1 aliphatic rings. The van der Waals surface area contributed by atoms with Crippen LogP contribution in [0.5, 0.6) is 0 Å². The van der Waals surface area contributed by atoms with E-state index in [1.54, 1.807) is 6.08 Å². The standard InChI is InChI=1S/C14H24O2/c1-2-16-14(15)12-8-4-7-11-13-9-5-3-6-10-13/h8,12-13H,2-7,9-11H2,1H3/b12-8-. The van der Waals surface area contributed by atoms with E-state index >= 15 is 0 Å². The molecule has 0 bridgehead atoms. The molecule has 0 amide bonds. The van der Waals surface area contributed by atoms with Crippen LogP contribution in [-0.2, 0) is 9.53 Å². The molecular formula is C14H24O2. The highest BCUT2D eigenvalue weighted by Gasteiger charge is 2.11. The monoisotopic (exact) mass is 224 g/mol. The summed E-state index contributed by atoms with van der Waals surface area (Å²) in [7, 11) is 0. The summed E-state index contributed by atoms with van der Waals surface area (Å²) < 4.78 is 4.81. The zero-order valence-electron chi connectivity index (χ0n) is 10.4. The number of carbonyl (C=O) groups is 1. The van der Waals surface area contributed by atoms with Gasteiger partial charge in [-0.2, -0.15) is 0 Å². The predicted octanol–water partition coefficient (Wildman–Crippen LogP) is 3.86. The molecule has 1 aliphatic carbocycles. The summed E-state index contributed by atoms with van der Waals surface area (Å²) in [6.07, 6.45) is 14.2. The summed E-state index contributed by atoms with van der Waals surface area (Å²) in [6.45, 7) is 2.29. The van der Waals surface area contributed by atoms with E-state index in [4.69, 9.17) is 4.74 Å². The van der Waals surface area contributed by atoms with Crippen LogP contribution >= 0.6 is 0 Å². The van der Waals surface area contributed by atoms with Crippen molar-refractivity contribution in [3.63, 3.8) is 0 Å². The first-order chi connectivity index (χ1) is 7.83. The maximum atomic E-state index is 11.0. The number of carbonyl (C=O) groups excluding carboxylic acids is 1. The molecule has 0 aliphatic heterocycles. The van der Waals surface area contributed by atoms with Crippen molar-refractivity contribution in [2.45, 2.75) is 58.3 Å². The van der Waals surface area contributed by atoms with Gasteiger partial charge in [-0.1, -0.05) is 44.6 Å².